The lowest BCUT2D eigenvalue weighted by Gasteiger charge is -2.07. The molecule has 0 aliphatic rings. The van der Waals surface area contributed by atoms with Gasteiger partial charge in [-0.15, -0.1) is 11.8 Å². The van der Waals surface area contributed by atoms with Gasteiger partial charge in [0.25, 0.3) is 0 Å². The second-order valence-corrected chi connectivity index (χ2v) is 6.65. The molecular formula is C18H16ClNO2S. The van der Waals surface area contributed by atoms with Crippen LogP contribution in [0.3, 0.4) is 0 Å². The molecule has 2 aromatic rings. The summed E-state index contributed by atoms with van der Waals surface area (Å²) < 4.78 is 5.23. The molecule has 23 heavy (non-hydrogen) atoms. The van der Waals surface area contributed by atoms with E-state index >= 15 is 0 Å². The fourth-order valence-electron chi connectivity index (χ4n) is 1.88. The van der Waals surface area contributed by atoms with Crippen LogP contribution in [0.1, 0.15) is 23.1 Å². The number of nitriles is 1. The van der Waals surface area contributed by atoms with Gasteiger partial charge in [-0.25, -0.2) is 0 Å². The number of aryl methyl sites for hydroxylation is 2. The molecule has 0 unspecified atom stereocenters. The number of carbonyl (C=O) groups is 1. The van der Waals surface area contributed by atoms with Crippen LogP contribution in [0, 0.1) is 25.2 Å². The van der Waals surface area contributed by atoms with Crippen molar-refractivity contribution in [3.8, 4) is 11.8 Å². The molecule has 2 aromatic carbocycles. The SMILES string of the molecule is Cc1ccc(SCCC(=O)Oc2ccc(C#N)cc2Cl)cc1C. The van der Waals surface area contributed by atoms with Crippen molar-refractivity contribution in [1.82, 2.24) is 0 Å². The molecule has 5 heteroatoms. The predicted molar refractivity (Wildman–Crippen MR) is 93.1 cm³/mol. The average molecular weight is 346 g/mol. The van der Waals surface area contributed by atoms with Gasteiger partial charge in [-0.2, -0.15) is 5.26 Å². The van der Waals surface area contributed by atoms with Crippen molar-refractivity contribution < 1.29 is 9.53 Å². The van der Waals surface area contributed by atoms with Gasteiger partial charge in [-0.1, -0.05) is 17.7 Å². The van der Waals surface area contributed by atoms with Crippen molar-refractivity contribution in [3.63, 3.8) is 0 Å². The van der Waals surface area contributed by atoms with E-state index in [-0.39, 0.29) is 23.2 Å². The minimum atomic E-state index is -0.340. The number of esters is 1. The van der Waals surface area contributed by atoms with Gasteiger partial charge >= 0.3 is 5.97 Å². The van der Waals surface area contributed by atoms with Crippen LogP contribution in [-0.4, -0.2) is 11.7 Å². The molecule has 2 rings (SSSR count). The first-order valence-electron chi connectivity index (χ1n) is 7.10. The van der Waals surface area contributed by atoms with E-state index in [1.165, 1.54) is 23.3 Å². The molecule has 0 aliphatic carbocycles. The summed E-state index contributed by atoms with van der Waals surface area (Å²) in [7, 11) is 0. The van der Waals surface area contributed by atoms with Crippen LogP contribution in [0.2, 0.25) is 5.02 Å². The Morgan fingerprint density at radius 3 is 2.65 bits per heavy atom. The van der Waals surface area contributed by atoms with Crippen LogP contribution in [-0.2, 0) is 4.79 Å². The summed E-state index contributed by atoms with van der Waals surface area (Å²) in [5.74, 6) is 0.578. The maximum atomic E-state index is 11.9. The molecule has 0 bridgehead atoms. The highest BCUT2D eigenvalue weighted by Gasteiger charge is 2.09. The topological polar surface area (TPSA) is 50.1 Å². The lowest BCUT2D eigenvalue weighted by Crippen LogP contribution is -2.09. The summed E-state index contributed by atoms with van der Waals surface area (Å²) in [4.78, 5) is 13.0. The number of thioether (sulfide) groups is 1. The van der Waals surface area contributed by atoms with Crippen molar-refractivity contribution in [1.29, 1.82) is 5.26 Å². The number of hydrogen-bond donors (Lipinski definition) is 0. The zero-order valence-corrected chi connectivity index (χ0v) is 14.5. The summed E-state index contributed by atoms with van der Waals surface area (Å²) in [5, 5.41) is 9.04. The van der Waals surface area contributed by atoms with Gasteiger partial charge in [0, 0.05) is 10.6 Å². The molecule has 0 saturated heterocycles. The Morgan fingerprint density at radius 1 is 1.22 bits per heavy atom. The van der Waals surface area contributed by atoms with Crippen LogP contribution in [0.5, 0.6) is 5.75 Å². The standard InChI is InChI=1S/C18H16ClNO2S/c1-12-3-5-15(9-13(12)2)23-8-7-18(21)22-17-6-4-14(11-20)10-16(17)19/h3-6,9-10H,7-8H2,1-2H3. The first kappa shape index (κ1) is 17.4. The molecule has 0 N–H and O–H groups in total. The Balaban J connectivity index is 1.85. The maximum absolute atomic E-state index is 11.9. The number of nitrogens with zero attached hydrogens (tertiary/aromatic N) is 1. The quantitative estimate of drug-likeness (QED) is 0.438. The van der Waals surface area contributed by atoms with Gasteiger partial charge < -0.3 is 4.74 Å². The van der Waals surface area contributed by atoms with Gasteiger partial charge in [-0.05, 0) is 55.3 Å². The highest BCUT2D eigenvalue weighted by molar-refractivity contribution is 7.99. The molecule has 0 amide bonds. The minimum Gasteiger partial charge on any atom is -0.425 e. The molecule has 0 atom stereocenters. The summed E-state index contributed by atoms with van der Waals surface area (Å²) >= 11 is 7.60. The summed E-state index contributed by atoms with van der Waals surface area (Å²) in [6.07, 6.45) is 0.286. The molecule has 0 aliphatic heterocycles. The van der Waals surface area contributed by atoms with Crippen LogP contribution >= 0.6 is 23.4 Å². The Hall–Kier alpha value is -1.96. The normalized spacial score (nSPS) is 10.2. The van der Waals surface area contributed by atoms with Crippen molar-refractivity contribution in [3.05, 3.63) is 58.1 Å². The highest BCUT2D eigenvalue weighted by atomic mass is 35.5. The van der Waals surface area contributed by atoms with Gasteiger partial charge in [0.05, 0.1) is 23.1 Å². The second-order valence-electron chi connectivity index (χ2n) is 5.08. The van der Waals surface area contributed by atoms with Crippen molar-refractivity contribution in [2.45, 2.75) is 25.2 Å². The highest BCUT2D eigenvalue weighted by Crippen LogP contribution is 2.26. The van der Waals surface area contributed by atoms with Crippen molar-refractivity contribution in [2.75, 3.05) is 5.75 Å². The Labute approximate surface area is 145 Å². The van der Waals surface area contributed by atoms with Gasteiger partial charge in [0.15, 0.2) is 0 Å². The third-order valence-corrected chi connectivity index (χ3v) is 4.63. The molecule has 0 spiro atoms. The van der Waals surface area contributed by atoms with E-state index in [0.29, 0.717) is 11.3 Å². The minimum absolute atomic E-state index is 0.263. The van der Waals surface area contributed by atoms with Crippen LogP contribution in [0.4, 0.5) is 0 Å². The van der Waals surface area contributed by atoms with E-state index in [2.05, 4.69) is 32.0 Å². The predicted octanol–water partition coefficient (Wildman–Crippen LogP) is 4.92. The second kappa shape index (κ2) is 8.05. The molecule has 0 fully saturated rings. The first-order chi connectivity index (χ1) is 11.0. The Morgan fingerprint density at radius 2 is 2.00 bits per heavy atom. The number of rotatable bonds is 5. The third-order valence-electron chi connectivity index (χ3n) is 3.34. The smallest absolute Gasteiger partial charge is 0.312 e. The Bertz CT molecular complexity index is 768. The largest absolute Gasteiger partial charge is 0.425 e. The van der Waals surface area contributed by atoms with E-state index in [4.69, 9.17) is 21.6 Å². The van der Waals surface area contributed by atoms with E-state index in [1.54, 1.807) is 17.8 Å². The molecule has 118 valence electrons. The van der Waals surface area contributed by atoms with Gasteiger partial charge in [0.1, 0.15) is 5.75 Å². The third kappa shape index (κ3) is 5.02. The zero-order valence-electron chi connectivity index (χ0n) is 12.9. The molecule has 0 radical (unpaired) electrons. The van der Waals surface area contributed by atoms with Crippen LogP contribution in [0.15, 0.2) is 41.3 Å². The lowest BCUT2D eigenvalue weighted by atomic mass is 10.1. The lowest BCUT2D eigenvalue weighted by molar-refractivity contribution is -0.133. The van der Waals surface area contributed by atoms with Crippen molar-refractivity contribution >= 4 is 29.3 Å². The summed E-state index contributed by atoms with van der Waals surface area (Å²) in [5.41, 5.74) is 2.92. The number of carbonyl (C=O) groups excluding carboxylic acids is 1. The van der Waals surface area contributed by atoms with E-state index in [1.807, 2.05) is 6.07 Å². The molecule has 0 heterocycles. The fourth-order valence-corrected chi connectivity index (χ4v) is 3.03. The summed E-state index contributed by atoms with van der Waals surface area (Å²) in [6.45, 7) is 4.14. The number of benzene rings is 2. The fraction of sp³-hybridized carbons (Fsp3) is 0.222. The van der Waals surface area contributed by atoms with Gasteiger partial charge in [0.2, 0.25) is 0 Å². The molecule has 0 saturated carbocycles. The molecule has 3 nitrogen and oxygen atoms in total. The zero-order chi connectivity index (χ0) is 16.8. The Kier molecular flexibility index (Phi) is 6.09. The van der Waals surface area contributed by atoms with Gasteiger partial charge in [-0.3, -0.25) is 4.79 Å². The summed E-state index contributed by atoms with van der Waals surface area (Å²) in [6, 6.07) is 12.8. The van der Waals surface area contributed by atoms with Crippen molar-refractivity contribution in [2.24, 2.45) is 0 Å². The number of ether oxygens (including phenoxy) is 1. The average Bonchev–Trinajstić information content (AvgIpc) is 2.52. The first-order valence-corrected chi connectivity index (χ1v) is 8.46. The van der Waals surface area contributed by atoms with E-state index in [9.17, 15) is 4.79 Å². The molecule has 0 aromatic heterocycles. The molecular weight excluding hydrogens is 330 g/mol. The number of hydrogen-bond acceptors (Lipinski definition) is 4. The van der Waals surface area contributed by atoms with E-state index in [0.717, 1.165) is 4.90 Å². The van der Waals surface area contributed by atoms with Crippen LogP contribution < -0.4 is 4.74 Å². The van der Waals surface area contributed by atoms with Crippen LogP contribution in [0.25, 0.3) is 0 Å². The maximum Gasteiger partial charge on any atom is 0.312 e. The number of halogens is 1. The monoisotopic (exact) mass is 345 g/mol. The van der Waals surface area contributed by atoms with E-state index < -0.39 is 0 Å².